The monoisotopic (exact) mass is 293 g/mol. The summed E-state index contributed by atoms with van der Waals surface area (Å²) in [6.07, 6.45) is 2.23. The second-order valence-corrected chi connectivity index (χ2v) is 5.15. The summed E-state index contributed by atoms with van der Waals surface area (Å²) in [6, 6.07) is 16.1. The fraction of sp³-hybridized carbons (Fsp3) is 0.167. The number of rotatable bonds is 3. The molecule has 0 unspecified atom stereocenters. The van der Waals surface area contributed by atoms with E-state index in [1.54, 1.807) is 0 Å². The molecular formula is C18H15NO3. The van der Waals surface area contributed by atoms with Gasteiger partial charge in [0.1, 0.15) is 13.2 Å². The molecule has 0 N–H and O–H groups in total. The molecule has 110 valence electrons. The van der Waals surface area contributed by atoms with Crippen LogP contribution in [0.2, 0.25) is 0 Å². The van der Waals surface area contributed by atoms with Crippen molar-refractivity contribution in [3.63, 3.8) is 0 Å². The van der Waals surface area contributed by atoms with Crippen molar-refractivity contribution in [1.82, 2.24) is 4.98 Å². The first-order valence-corrected chi connectivity index (χ1v) is 7.26. The van der Waals surface area contributed by atoms with Gasteiger partial charge in [-0.3, -0.25) is 0 Å². The normalized spacial score (nSPS) is 13.1. The number of oxazole rings is 1. The number of aromatic nitrogens is 1. The molecule has 4 nitrogen and oxygen atoms in total. The van der Waals surface area contributed by atoms with Crippen molar-refractivity contribution in [3.8, 4) is 22.8 Å². The van der Waals surface area contributed by atoms with Gasteiger partial charge in [0, 0.05) is 12.0 Å². The van der Waals surface area contributed by atoms with Gasteiger partial charge in [-0.25, -0.2) is 4.98 Å². The molecule has 2 heterocycles. The molecule has 0 aliphatic carbocycles. The highest BCUT2D eigenvalue weighted by atomic mass is 16.6. The molecule has 2 aromatic carbocycles. The van der Waals surface area contributed by atoms with Crippen LogP contribution in [0.3, 0.4) is 0 Å². The van der Waals surface area contributed by atoms with E-state index in [9.17, 15) is 0 Å². The number of hydrogen-bond donors (Lipinski definition) is 0. The Morgan fingerprint density at radius 1 is 0.909 bits per heavy atom. The summed E-state index contributed by atoms with van der Waals surface area (Å²) in [5.41, 5.74) is 3.07. The van der Waals surface area contributed by atoms with E-state index in [2.05, 4.69) is 17.1 Å². The van der Waals surface area contributed by atoms with Gasteiger partial charge in [0.25, 0.3) is 0 Å². The summed E-state index contributed by atoms with van der Waals surface area (Å²) in [4.78, 5) is 4.36. The first-order chi connectivity index (χ1) is 10.9. The van der Waals surface area contributed by atoms with Crippen molar-refractivity contribution in [3.05, 3.63) is 66.2 Å². The SMILES string of the molecule is c1ccc(Cc2ncoc2-c2ccc3c(c2)OCCO3)cc1. The van der Waals surface area contributed by atoms with E-state index in [1.807, 2.05) is 36.4 Å². The lowest BCUT2D eigenvalue weighted by molar-refractivity contribution is 0.171. The summed E-state index contributed by atoms with van der Waals surface area (Å²) in [5, 5.41) is 0. The Labute approximate surface area is 128 Å². The largest absolute Gasteiger partial charge is 0.486 e. The van der Waals surface area contributed by atoms with Crippen molar-refractivity contribution in [2.75, 3.05) is 13.2 Å². The van der Waals surface area contributed by atoms with E-state index >= 15 is 0 Å². The van der Waals surface area contributed by atoms with Gasteiger partial charge < -0.3 is 13.9 Å². The van der Waals surface area contributed by atoms with Crippen LogP contribution < -0.4 is 9.47 Å². The van der Waals surface area contributed by atoms with Crippen LogP contribution in [0.4, 0.5) is 0 Å². The maximum Gasteiger partial charge on any atom is 0.181 e. The van der Waals surface area contributed by atoms with Crippen LogP contribution in [0.1, 0.15) is 11.3 Å². The number of ether oxygens (including phenoxy) is 2. The zero-order chi connectivity index (χ0) is 14.8. The van der Waals surface area contributed by atoms with E-state index in [0.29, 0.717) is 13.2 Å². The van der Waals surface area contributed by atoms with Crippen molar-refractivity contribution in [1.29, 1.82) is 0 Å². The molecule has 0 fully saturated rings. The molecule has 3 aromatic rings. The molecule has 1 aromatic heterocycles. The van der Waals surface area contributed by atoms with Gasteiger partial charge in [-0.2, -0.15) is 0 Å². The molecule has 1 aliphatic rings. The van der Waals surface area contributed by atoms with Crippen LogP contribution >= 0.6 is 0 Å². The molecule has 0 atom stereocenters. The first-order valence-electron chi connectivity index (χ1n) is 7.26. The lowest BCUT2D eigenvalue weighted by Gasteiger charge is -2.18. The van der Waals surface area contributed by atoms with Gasteiger partial charge in [-0.15, -0.1) is 0 Å². The van der Waals surface area contributed by atoms with E-state index in [1.165, 1.54) is 12.0 Å². The van der Waals surface area contributed by atoms with Gasteiger partial charge in [-0.1, -0.05) is 30.3 Å². The summed E-state index contributed by atoms with van der Waals surface area (Å²) in [6.45, 7) is 1.16. The zero-order valence-corrected chi connectivity index (χ0v) is 12.0. The predicted octanol–water partition coefficient (Wildman–Crippen LogP) is 3.70. The average molecular weight is 293 g/mol. The quantitative estimate of drug-likeness (QED) is 0.738. The van der Waals surface area contributed by atoms with Gasteiger partial charge in [-0.05, 0) is 23.8 Å². The molecule has 0 saturated carbocycles. The number of benzene rings is 2. The van der Waals surface area contributed by atoms with E-state index in [0.717, 1.165) is 34.9 Å². The Balaban J connectivity index is 1.67. The van der Waals surface area contributed by atoms with Crippen LogP contribution in [0.25, 0.3) is 11.3 Å². The molecule has 4 heteroatoms. The van der Waals surface area contributed by atoms with Gasteiger partial charge in [0.2, 0.25) is 0 Å². The molecular weight excluding hydrogens is 278 g/mol. The molecule has 22 heavy (non-hydrogen) atoms. The summed E-state index contributed by atoms with van der Waals surface area (Å²) < 4.78 is 16.8. The molecule has 0 amide bonds. The standard InChI is InChI=1S/C18H15NO3/c1-2-4-13(5-3-1)10-15-18(22-12-19-15)14-6-7-16-17(11-14)21-9-8-20-16/h1-7,11-12H,8-10H2. The van der Waals surface area contributed by atoms with Gasteiger partial charge >= 0.3 is 0 Å². The maximum absolute atomic E-state index is 5.63. The molecule has 0 bridgehead atoms. The highest BCUT2D eigenvalue weighted by molar-refractivity contribution is 5.65. The molecule has 0 saturated heterocycles. The third-order valence-electron chi connectivity index (χ3n) is 3.66. The second-order valence-electron chi connectivity index (χ2n) is 5.15. The molecule has 0 radical (unpaired) electrons. The third kappa shape index (κ3) is 2.44. The van der Waals surface area contributed by atoms with Crippen LogP contribution in [-0.2, 0) is 6.42 Å². The lowest BCUT2D eigenvalue weighted by Crippen LogP contribution is -2.15. The van der Waals surface area contributed by atoms with E-state index in [-0.39, 0.29) is 0 Å². The minimum Gasteiger partial charge on any atom is -0.486 e. The minimum absolute atomic E-state index is 0.573. The van der Waals surface area contributed by atoms with Crippen LogP contribution in [0.5, 0.6) is 11.5 Å². The molecule has 1 aliphatic heterocycles. The van der Waals surface area contributed by atoms with Crippen LogP contribution in [0.15, 0.2) is 59.3 Å². The van der Waals surface area contributed by atoms with Crippen molar-refractivity contribution in [2.24, 2.45) is 0 Å². The number of fused-ring (bicyclic) bond motifs is 1. The second kappa shape index (κ2) is 5.56. The summed E-state index contributed by atoms with van der Waals surface area (Å²) >= 11 is 0. The zero-order valence-electron chi connectivity index (χ0n) is 12.0. The van der Waals surface area contributed by atoms with Crippen molar-refractivity contribution >= 4 is 0 Å². The Bertz CT molecular complexity index is 780. The Morgan fingerprint density at radius 2 is 1.73 bits per heavy atom. The van der Waals surface area contributed by atoms with Crippen LogP contribution in [-0.4, -0.2) is 18.2 Å². The van der Waals surface area contributed by atoms with E-state index < -0.39 is 0 Å². The first kappa shape index (κ1) is 13.0. The van der Waals surface area contributed by atoms with Gasteiger partial charge in [0.05, 0.1) is 5.69 Å². The third-order valence-corrected chi connectivity index (χ3v) is 3.66. The minimum atomic E-state index is 0.573. The van der Waals surface area contributed by atoms with Crippen molar-refractivity contribution in [2.45, 2.75) is 6.42 Å². The summed E-state index contributed by atoms with van der Waals surface area (Å²) in [5.74, 6) is 2.31. The Kier molecular flexibility index (Phi) is 3.27. The van der Waals surface area contributed by atoms with Crippen LogP contribution in [0, 0.1) is 0 Å². The summed E-state index contributed by atoms with van der Waals surface area (Å²) in [7, 11) is 0. The van der Waals surface area contributed by atoms with Gasteiger partial charge in [0.15, 0.2) is 23.7 Å². The number of hydrogen-bond acceptors (Lipinski definition) is 4. The average Bonchev–Trinajstić information content (AvgIpc) is 3.03. The number of nitrogens with zero attached hydrogens (tertiary/aromatic N) is 1. The Morgan fingerprint density at radius 3 is 2.59 bits per heavy atom. The molecule has 4 rings (SSSR count). The molecule has 0 spiro atoms. The fourth-order valence-corrected chi connectivity index (χ4v) is 2.60. The topological polar surface area (TPSA) is 44.5 Å². The predicted molar refractivity (Wildman–Crippen MR) is 82.2 cm³/mol. The highest BCUT2D eigenvalue weighted by Crippen LogP contribution is 2.35. The van der Waals surface area contributed by atoms with E-state index in [4.69, 9.17) is 13.9 Å². The maximum atomic E-state index is 5.63. The Hall–Kier alpha value is -2.75. The smallest absolute Gasteiger partial charge is 0.181 e. The lowest BCUT2D eigenvalue weighted by atomic mass is 10.0. The highest BCUT2D eigenvalue weighted by Gasteiger charge is 2.16. The van der Waals surface area contributed by atoms with Crippen molar-refractivity contribution < 1.29 is 13.9 Å². The fourth-order valence-electron chi connectivity index (χ4n) is 2.60.